The lowest BCUT2D eigenvalue weighted by molar-refractivity contribution is -0.116. The third-order valence-corrected chi connectivity index (χ3v) is 4.87. The average Bonchev–Trinajstić information content (AvgIpc) is 2.57. The second-order valence-corrected chi connectivity index (χ2v) is 7.04. The van der Waals surface area contributed by atoms with Crippen molar-refractivity contribution in [3.05, 3.63) is 45.7 Å². The quantitative estimate of drug-likeness (QED) is 0.671. The molecule has 0 saturated heterocycles. The Morgan fingerprint density at radius 1 is 1.28 bits per heavy atom. The molecule has 6 nitrogen and oxygen atoms in total. The highest BCUT2D eigenvalue weighted by Crippen LogP contribution is 2.36. The molecule has 1 aromatic carbocycles. The number of rotatable bonds is 4. The Morgan fingerprint density at radius 2 is 1.96 bits per heavy atom. The van der Waals surface area contributed by atoms with Crippen molar-refractivity contribution in [1.82, 2.24) is 9.55 Å². The number of thioether (sulfide) groups is 1. The average molecular weight is 359 g/mol. The smallest absolute Gasteiger partial charge is 0.279 e. The van der Waals surface area contributed by atoms with E-state index in [4.69, 9.17) is 4.74 Å². The van der Waals surface area contributed by atoms with Crippen molar-refractivity contribution in [1.29, 1.82) is 0 Å². The van der Waals surface area contributed by atoms with E-state index >= 15 is 0 Å². The number of aromatic nitrogens is 2. The molecule has 1 aliphatic rings. The Labute approximate surface area is 150 Å². The molecule has 2 heterocycles. The van der Waals surface area contributed by atoms with Gasteiger partial charge in [-0.2, -0.15) is 4.98 Å². The molecule has 1 atom stereocenters. The summed E-state index contributed by atoms with van der Waals surface area (Å²) in [5, 5.41) is 3.40. The fraction of sp³-hybridized carbons (Fsp3) is 0.389. The van der Waals surface area contributed by atoms with Gasteiger partial charge >= 0.3 is 0 Å². The van der Waals surface area contributed by atoms with Crippen LogP contribution in [0.4, 0.5) is 5.82 Å². The second kappa shape index (κ2) is 6.92. The number of nitrogens with zero attached hydrogens (tertiary/aromatic N) is 2. The Kier molecular flexibility index (Phi) is 4.85. The summed E-state index contributed by atoms with van der Waals surface area (Å²) in [5.41, 5.74) is 1.16. The Balaban J connectivity index is 2.06. The number of carbonyl (C=O) groups excluding carboxylic acids is 1. The van der Waals surface area contributed by atoms with Crippen LogP contribution in [0.5, 0.6) is 5.75 Å². The number of benzene rings is 1. The van der Waals surface area contributed by atoms with Crippen LogP contribution in [-0.4, -0.2) is 27.8 Å². The van der Waals surface area contributed by atoms with Crippen LogP contribution in [0, 0.1) is 0 Å². The van der Waals surface area contributed by atoms with Gasteiger partial charge in [-0.15, -0.1) is 0 Å². The predicted molar refractivity (Wildman–Crippen MR) is 98.6 cm³/mol. The van der Waals surface area contributed by atoms with Crippen LogP contribution in [0.3, 0.4) is 0 Å². The zero-order valence-electron chi connectivity index (χ0n) is 14.7. The van der Waals surface area contributed by atoms with Crippen LogP contribution in [0.2, 0.25) is 0 Å². The highest BCUT2D eigenvalue weighted by molar-refractivity contribution is 7.98. The van der Waals surface area contributed by atoms with Gasteiger partial charge < -0.3 is 14.6 Å². The van der Waals surface area contributed by atoms with Gasteiger partial charge in [0.2, 0.25) is 5.91 Å². The molecule has 132 valence electrons. The van der Waals surface area contributed by atoms with Crippen molar-refractivity contribution in [2.75, 3.05) is 11.6 Å². The molecule has 0 spiro atoms. The van der Waals surface area contributed by atoms with Gasteiger partial charge in [0.15, 0.2) is 5.16 Å². The maximum Gasteiger partial charge on any atom is 0.279 e. The summed E-state index contributed by atoms with van der Waals surface area (Å²) in [7, 11) is 1.80. The number of hydrogen-bond acceptors (Lipinski definition) is 5. The molecular weight excluding hydrogens is 338 g/mol. The lowest BCUT2D eigenvalue weighted by Gasteiger charge is -2.27. The second-order valence-electron chi connectivity index (χ2n) is 6.27. The van der Waals surface area contributed by atoms with Gasteiger partial charge in [0, 0.05) is 19.4 Å². The van der Waals surface area contributed by atoms with Crippen LogP contribution in [0.25, 0.3) is 0 Å². The van der Waals surface area contributed by atoms with E-state index in [9.17, 15) is 9.59 Å². The molecule has 7 heteroatoms. The molecule has 0 unspecified atom stereocenters. The van der Waals surface area contributed by atoms with Gasteiger partial charge in [-0.1, -0.05) is 23.9 Å². The number of fused-ring (bicyclic) bond motifs is 1. The summed E-state index contributed by atoms with van der Waals surface area (Å²) in [6, 6.07) is 7.56. The molecule has 2 aromatic rings. The minimum Gasteiger partial charge on any atom is -0.491 e. The molecule has 0 aliphatic carbocycles. The molecule has 1 aromatic heterocycles. The van der Waals surface area contributed by atoms with Gasteiger partial charge in [-0.3, -0.25) is 9.59 Å². The van der Waals surface area contributed by atoms with Gasteiger partial charge in [0.1, 0.15) is 11.6 Å². The number of anilines is 1. The number of ether oxygens (including phenoxy) is 1. The van der Waals surface area contributed by atoms with E-state index < -0.39 is 0 Å². The molecule has 1 N–H and O–H groups in total. The minimum atomic E-state index is -0.307. The highest BCUT2D eigenvalue weighted by atomic mass is 32.2. The fourth-order valence-electron chi connectivity index (χ4n) is 3.05. The van der Waals surface area contributed by atoms with Crippen molar-refractivity contribution in [2.45, 2.75) is 37.4 Å². The predicted octanol–water partition coefficient (Wildman–Crippen LogP) is 2.76. The first-order valence-corrected chi connectivity index (χ1v) is 9.34. The maximum absolute atomic E-state index is 12.6. The normalized spacial score (nSPS) is 16.5. The first kappa shape index (κ1) is 17.5. The lowest BCUT2D eigenvalue weighted by Crippen LogP contribution is -2.33. The van der Waals surface area contributed by atoms with Crippen molar-refractivity contribution in [2.24, 2.45) is 7.05 Å². The summed E-state index contributed by atoms with van der Waals surface area (Å²) in [6.07, 6.45) is 2.17. The summed E-state index contributed by atoms with van der Waals surface area (Å²) in [6.45, 7) is 3.93. The van der Waals surface area contributed by atoms with Crippen LogP contribution in [0.1, 0.15) is 37.3 Å². The van der Waals surface area contributed by atoms with E-state index in [0.29, 0.717) is 16.5 Å². The molecule has 3 rings (SSSR count). The first-order valence-electron chi connectivity index (χ1n) is 8.12. The number of nitrogens with one attached hydrogen (secondary N) is 1. The van der Waals surface area contributed by atoms with E-state index in [1.54, 1.807) is 11.6 Å². The monoisotopic (exact) mass is 359 g/mol. The van der Waals surface area contributed by atoms with Crippen LogP contribution >= 0.6 is 11.8 Å². The summed E-state index contributed by atoms with van der Waals surface area (Å²) in [5.74, 6) is 0.892. The third-order valence-electron chi connectivity index (χ3n) is 4.14. The number of carbonyl (C=O) groups is 1. The standard InChI is InChI=1S/C18H21N3O3S/c1-10(2)24-12-7-5-11(6-8-12)13-9-14(22)19-16-15(13)17(23)20-18(25-4)21(16)3/h5-8,10,13H,9H2,1-4H3,(H,19,22)/t13-/m0/s1. The van der Waals surface area contributed by atoms with Crippen molar-refractivity contribution in [3.63, 3.8) is 0 Å². The molecule has 1 amide bonds. The first-order chi connectivity index (χ1) is 11.9. The summed E-state index contributed by atoms with van der Waals surface area (Å²) >= 11 is 1.37. The van der Waals surface area contributed by atoms with E-state index in [-0.39, 0.29) is 29.9 Å². The minimum absolute atomic E-state index is 0.0912. The number of amides is 1. The van der Waals surface area contributed by atoms with Crippen LogP contribution < -0.4 is 15.6 Å². The molecule has 0 fully saturated rings. The zero-order chi connectivity index (χ0) is 18.1. The van der Waals surface area contributed by atoms with Crippen molar-refractivity contribution in [3.8, 4) is 5.75 Å². The molecule has 0 radical (unpaired) electrons. The number of hydrogen-bond donors (Lipinski definition) is 1. The van der Waals surface area contributed by atoms with Crippen molar-refractivity contribution >= 4 is 23.5 Å². The fourth-order valence-corrected chi connectivity index (χ4v) is 3.59. The lowest BCUT2D eigenvalue weighted by atomic mass is 9.87. The van der Waals surface area contributed by atoms with Gasteiger partial charge in [-0.25, -0.2) is 0 Å². The Morgan fingerprint density at radius 3 is 2.56 bits per heavy atom. The molecular formula is C18H21N3O3S. The van der Waals surface area contributed by atoms with E-state index in [2.05, 4.69) is 10.3 Å². The van der Waals surface area contributed by atoms with Gasteiger partial charge in [0.25, 0.3) is 5.56 Å². The molecule has 25 heavy (non-hydrogen) atoms. The van der Waals surface area contributed by atoms with Gasteiger partial charge in [-0.05, 0) is 37.8 Å². The Hall–Kier alpha value is -2.28. The van der Waals surface area contributed by atoms with E-state index in [0.717, 1.165) is 11.3 Å². The Bertz CT molecular complexity index is 859. The van der Waals surface area contributed by atoms with E-state index in [1.165, 1.54) is 11.8 Å². The maximum atomic E-state index is 12.6. The third kappa shape index (κ3) is 3.42. The summed E-state index contributed by atoms with van der Waals surface area (Å²) < 4.78 is 7.43. The van der Waals surface area contributed by atoms with E-state index in [1.807, 2.05) is 44.4 Å². The zero-order valence-corrected chi connectivity index (χ0v) is 15.5. The molecule has 0 bridgehead atoms. The topological polar surface area (TPSA) is 73.2 Å². The van der Waals surface area contributed by atoms with Crippen molar-refractivity contribution < 1.29 is 9.53 Å². The molecule has 0 saturated carbocycles. The van der Waals surface area contributed by atoms with Gasteiger partial charge in [0.05, 0.1) is 11.7 Å². The largest absolute Gasteiger partial charge is 0.491 e. The van der Waals surface area contributed by atoms with Crippen LogP contribution in [-0.2, 0) is 11.8 Å². The SMILES string of the molecule is CSc1nc(=O)c2c(n1C)NC(=O)C[C@H]2c1ccc(OC(C)C)cc1. The highest BCUT2D eigenvalue weighted by Gasteiger charge is 2.31. The van der Waals surface area contributed by atoms with Crippen LogP contribution in [0.15, 0.2) is 34.2 Å². The molecule has 1 aliphatic heterocycles. The summed E-state index contributed by atoms with van der Waals surface area (Å²) in [4.78, 5) is 28.9.